The summed E-state index contributed by atoms with van der Waals surface area (Å²) in [5.74, 6) is 0.116. The molecule has 1 saturated heterocycles. The number of ether oxygens (including phenoxy) is 1. The molecule has 1 aliphatic rings. The fourth-order valence-electron chi connectivity index (χ4n) is 2.37. The van der Waals surface area contributed by atoms with Crippen molar-refractivity contribution in [3.63, 3.8) is 0 Å². The Balaban J connectivity index is 2.10. The van der Waals surface area contributed by atoms with Crippen molar-refractivity contribution in [3.8, 4) is 0 Å². The van der Waals surface area contributed by atoms with E-state index < -0.39 is 30.5 Å². The van der Waals surface area contributed by atoms with Crippen LogP contribution in [0.2, 0.25) is 0 Å². The van der Waals surface area contributed by atoms with Gasteiger partial charge in [0.05, 0.1) is 6.61 Å². The van der Waals surface area contributed by atoms with Crippen molar-refractivity contribution in [3.05, 3.63) is 12.0 Å². The summed E-state index contributed by atoms with van der Waals surface area (Å²) in [7, 11) is 0. The molecule has 5 N–H and O–H groups in total. The average Bonchev–Trinajstić information content (AvgIpc) is 2.92. The van der Waals surface area contributed by atoms with E-state index in [2.05, 4.69) is 15.1 Å². The van der Waals surface area contributed by atoms with Gasteiger partial charge in [-0.05, 0) is 6.92 Å². The molecule has 0 unspecified atom stereocenters. The molecule has 2 aromatic heterocycles. The van der Waals surface area contributed by atoms with Gasteiger partial charge in [-0.1, -0.05) is 5.16 Å². The predicted molar refractivity (Wildman–Crippen MR) is 65.3 cm³/mol. The van der Waals surface area contributed by atoms with Crippen LogP contribution in [-0.2, 0) is 4.74 Å². The Morgan fingerprint density at radius 1 is 1.45 bits per heavy atom. The first-order valence-electron chi connectivity index (χ1n) is 5.99. The second-order valence-electron chi connectivity index (χ2n) is 4.91. The van der Waals surface area contributed by atoms with Crippen LogP contribution in [-0.4, -0.2) is 54.9 Å². The third kappa shape index (κ3) is 1.68. The van der Waals surface area contributed by atoms with Gasteiger partial charge >= 0.3 is 0 Å². The summed E-state index contributed by atoms with van der Waals surface area (Å²) in [6.45, 7) is 0.962. The van der Waals surface area contributed by atoms with Gasteiger partial charge in [0.25, 0.3) is 0 Å². The number of aliphatic hydroxyl groups excluding tert-OH is 2. The topological polar surface area (TPSA) is 148 Å². The monoisotopic (exact) mass is 282 g/mol. The minimum Gasteiger partial charge on any atom is -0.394 e. The van der Waals surface area contributed by atoms with Crippen LogP contribution >= 0.6 is 0 Å². The fourth-order valence-corrected chi connectivity index (χ4v) is 2.37. The van der Waals surface area contributed by atoms with E-state index in [1.54, 1.807) is 0 Å². The summed E-state index contributed by atoms with van der Waals surface area (Å²) >= 11 is 0. The second kappa shape index (κ2) is 4.35. The number of nitrogens with two attached hydrogens (primary N) is 1. The van der Waals surface area contributed by atoms with Gasteiger partial charge < -0.3 is 30.3 Å². The number of rotatable bonds is 2. The summed E-state index contributed by atoms with van der Waals surface area (Å²) in [5, 5.41) is 33.3. The molecule has 0 amide bonds. The number of hydrogen-bond acceptors (Lipinski definition) is 9. The van der Waals surface area contributed by atoms with Gasteiger partial charge in [0, 0.05) is 0 Å². The predicted octanol–water partition coefficient (Wildman–Crippen LogP) is -1.26. The zero-order valence-corrected chi connectivity index (χ0v) is 10.6. The standard InChI is InChI=1S/C11H14N4O5/c1-11(18)8(17)4(2-16)19-9(11)6-5-7(20-15-6)10(12)14-3-13-5/h3-4,8-9,16-18H,2H2,1H3,(H2,12,13,14)/t4-,8-,9+,11-/m1/s1. The highest BCUT2D eigenvalue weighted by Crippen LogP contribution is 2.42. The number of aliphatic hydroxyl groups is 3. The molecule has 9 nitrogen and oxygen atoms in total. The number of nitrogen functional groups attached to an aromatic ring is 1. The molecule has 2 aromatic rings. The van der Waals surface area contributed by atoms with Gasteiger partial charge in [0.1, 0.15) is 41.5 Å². The lowest BCUT2D eigenvalue weighted by atomic mass is 9.91. The Bertz CT molecular complexity index is 643. The largest absolute Gasteiger partial charge is 0.394 e. The maximum atomic E-state index is 10.4. The van der Waals surface area contributed by atoms with Gasteiger partial charge in [-0.25, -0.2) is 9.97 Å². The van der Waals surface area contributed by atoms with Crippen molar-refractivity contribution in [2.75, 3.05) is 12.3 Å². The van der Waals surface area contributed by atoms with Crippen molar-refractivity contribution in [1.82, 2.24) is 15.1 Å². The van der Waals surface area contributed by atoms with Crippen molar-refractivity contribution in [2.45, 2.75) is 30.8 Å². The lowest BCUT2D eigenvalue weighted by Gasteiger charge is -2.25. The van der Waals surface area contributed by atoms with Crippen LogP contribution in [0.1, 0.15) is 18.7 Å². The zero-order chi connectivity index (χ0) is 14.5. The Labute approximate surface area is 113 Å². The SMILES string of the molecule is C[C@@]1(O)[C@H](O)[C@@H](CO)O[C@H]1c1noc2c(N)ncnc12. The maximum absolute atomic E-state index is 10.4. The molecule has 0 aromatic carbocycles. The van der Waals surface area contributed by atoms with Gasteiger partial charge in [-0.3, -0.25) is 0 Å². The van der Waals surface area contributed by atoms with E-state index >= 15 is 0 Å². The van der Waals surface area contributed by atoms with Gasteiger partial charge in [-0.2, -0.15) is 0 Å². The maximum Gasteiger partial charge on any atom is 0.227 e. The number of hydrogen-bond donors (Lipinski definition) is 4. The molecular formula is C11H14N4O5. The van der Waals surface area contributed by atoms with Gasteiger partial charge in [0.15, 0.2) is 5.82 Å². The highest BCUT2D eigenvalue weighted by atomic mass is 16.6. The molecule has 0 radical (unpaired) electrons. The van der Waals surface area contributed by atoms with Crippen LogP contribution in [0.3, 0.4) is 0 Å². The van der Waals surface area contributed by atoms with E-state index in [1.165, 1.54) is 13.3 Å². The van der Waals surface area contributed by atoms with E-state index in [0.29, 0.717) is 5.52 Å². The lowest BCUT2D eigenvalue weighted by Crippen LogP contribution is -2.43. The molecule has 108 valence electrons. The molecule has 1 fully saturated rings. The van der Waals surface area contributed by atoms with E-state index in [4.69, 9.17) is 20.1 Å². The van der Waals surface area contributed by atoms with E-state index in [1.807, 2.05) is 0 Å². The molecule has 1 aliphatic heterocycles. The molecular weight excluding hydrogens is 268 g/mol. The summed E-state index contributed by atoms with van der Waals surface area (Å²) in [4.78, 5) is 7.78. The van der Waals surface area contributed by atoms with E-state index in [0.717, 1.165) is 0 Å². The van der Waals surface area contributed by atoms with Crippen LogP contribution in [0.15, 0.2) is 10.9 Å². The summed E-state index contributed by atoms with van der Waals surface area (Å²) in [6.07, 6.45) is -1.93. The summed E-state index contributed by atoms with van der Waals surface area (Å²) in [5.41, 5.74) is 4.68. The smallest absolute Gasteiger partial charge is 0.227 e. The third-order valence-corrected chi connectivity index (χ3v) is 3.53. The normalized spacial score (nSPS) is 33.9. The molecule has 3 heterocycles. The molecule has 0 bridgehead atoms. The molecule has 4 atom stereocenters. The first-order chi connectivity index (χ1) is 9.46. The van der Waals surface area contributed by atoms with E-state index in [-0.39, 0.29) is 17.1 Å². The third-order valence-electron chi connectivity index (χ3n) is 3.53. The van der Waals surface area contributed by atoms with Crippen LogP contribution in [0, 0.1) is 0 Å². The Kier molecular flexibility index (Phi) is 2.87. The van der Waals surface area contributed by atoms with Crippen molar-refractivity contribution in [2.24, 2.45) is 0 Å². The first kappa shape index (κ1) is 13.2. The zero-order valence-electron chi connectivity index (χ0n) is 10.6. The number of fused-ring (bicyclic) bond motifs is 1. The van der Waals surface area contributed by atoms with Gasteiger partial charge in [0.2, 0.25) is 5.58 Å². The first-order valence-corrected chi connectivity index (χ1v) is 5.99. The molecule has 3 rings (SSSR count). The Hall–Kier alpha value is -1.81. The van der Waals surface area contributed by atoms with Crippen molar-refractivity contribution in [1.29, 1.82) is 0 Å². The quantitative estimate of drug-likeness (QED) is 0.529. The lowest BCUT2D eigenvalue weighted by molar-refractivity contribution is -0.0663. The van der Waals surface area contributed by atoms with Crippen LogP contribution in [0.4, 0.5) is 5.82 Å². The van der Waals surface area contributed by atoms with Crippen LogP contribution in [0.25, 0.3) is 11.1 Å². The van der Waals surface area contributed by atoms with Crippen LogP contribution in [0.5, 0.6) is 0 Å². The molecule has 9 heteroatoms. The summed E-state index contributed by atoms with van der Waals surface area (Å²) in [6, 6.07) is 0. The minimum atomic E-state index is -1.64. The van der Waals surface area contributed by atoms with Crippen LogP contribution < -0.4 is 5.73 Å². The average molecular weight is 282 g/mol. The minimum absolute atomic E-state index is 0.116. The van der Waals surface area contributed by atoms with E-state index in [9.17, 15) is 10.2 Å². The Morgan fingerprint density at radius 3 is 2.85 bits per heavy atom. The van der Waals surface area contributed by atoms with Gasteiger partial charge in [-0.15, -0.1) is 0 Å². The Morgan fingerprint density at radius 2 is 2.20 bits per heavy atom. The fraction of sp³-hybridized carbons (Fsp3) is 0.545. The molecule has 20 heavy (non-hydrogen) atoms. The molecule has 0 aliphatic carbocycles. The highest BCUT2D eigenvalue weighted by molar-refractivity contribution is 5.83. The number of aromatic nitrogens is 3. The summed E-state index contributed by atoms with van der Waals surface area (Å²) < 4.78 is 10.5. The highest BCUT2D eigenvalue weighted by Gasteiger charge is 2.54. The number of nitrogens with zero attached hydrogens (tertiary/aromatic N) is 3. The van der Waals surface area contributed by atoms with Crippen molar-refractivity contribution < 1.29 is 24.6 Å². The molecule has 0 spiro atoms. The number of anilines is 1. The van der Waals surface area contributed by atoms with Crippen molar-refractivity contribution >= 4 is 16.9 Å². The molecule has 0 saturated carbocycles. The second-order valence-corrected chi connectivity index (χ2v) is 4.91.